The molecule has 1 fully saturated rings. The number of hydrogen-bond acceptors (Lipinski definition) is 3. The van der Waals surface area contributed by atoms with E-state index in [4.69, 9.17) is 0 Å². The summed E-state index contributed by atoms with van der Waals surface area (Å²) in [5.41, 5.74) is 0.742. The molecule has 0 unspecified atom stereocenters. The lowest BCUT2D eigenvalue weighted by Gasteiger charge is -2.38. The lowest BCUT2D eigenvalue weighted by atomic mass is 9.80. The first-order valence-electron chi connectivity index (χ1n) is 7.73. The van der Waals surface area contributed by atoms with Crippen LogP contribution in [0.3, 0.4) is 0 Å². The van der Waals surface area contributed by atoms with Crippen LogP contribution >= 0.6 is 0 Å². The van der Waals surface area contributed by atoms with Crippen molar-refractivity contribution in [2.75, 3.05) is 6.54 Å². The van der Waals surface area contributed by atoms with E-state index in [0.717, 1.165) is 31.5 Å². The van der Waals surface area contributed by atoms with E-state index in [1.54, 1.807) is 12.3 Å². The van der Waals surface area contributed by atoms with Crippen molar-refractivity contribution in [2.24, 2.45) is 0 Å². The highest BCUT2D eigenvalue weighted by atomic mass is 32.2. The molecule has 6 heteroatoms. The van der Waals surface area contributed by atoms with Crippen LogP contribution < -0.4 is 10.0 Å². The van der Waals surface area contributed by atoms with Gasteiger partial charge in [-0.2, -0.15) is 0 Å². The summed E-state index contributed by atoms with van der Waals surface area (Å²) >= 11 is 0. The predicted molar refractivity (Wildman–Crippen MR) is 84.8 cm³/mol. The van der Waals surface area contributed by atoms with E-state index in [2.05, 4.69) is 23.9 Å². The van der Waals surface area contributed by atoms with Crippen LogP contribution in [0.2, 0.25) is 0 Å². The molecule has 1 saturated carbocycles. The first kappa shape index (κ1) is 16.5. The highest BCUT2D eigenvalue weighted by molar-refractivity contribution is 7.89. The lowest BCUT2D eigenvalue weighted by molar-refractivity contribution is 0.248. The van der Waals surface area contributed by atoms with Crippen molar-refractivity contribution in [3.05, 3.63) is 18.0 Å². The topological polar surface area (TPSA) is 63.1 Å². The molecule has 1 aromatic rings. The van der Waals surface area contributed by atoms with Gasteiger partial charge in [0, 0.05) is 30.0 Å². The summed E-state index contributed by atoms with van der Waals surface area (Å²) in [5.74, 6) is 0. The van der Waals surface area contributed by atoms with Crippen molar-refractivity contribution in [3.8, 4) is 0 Å². The van der Waals surface area contributed by atoms with Gasteiger partial charge in [-0.1, -0.05) is 6.92 Å². The largest absolute Gasteiger partial charge is 0.346 e. The number of nitrogens with one attached hydrogen (secondary N) is 2. The molecule has 1 heterocycles. The number of sulfonamides is 1. The third kappa shape index (κ3) is 3.67. The number of aromatic nitrogens is 1. The van der Waals surface area contributed by atoms with Crippen molar-refractivity contribution in [3.63, 3.8) is 0 Å². The molecule has 2 rings (SSSR count). The summed E-state index contributed by atoms with van der Waals surface area (Å²) in [6, 6.07) is 2.02. The average Bonchev–Trinajstić information content (AvgIpc) is 2.79. The summed E-state index contributed by atoms with van der Waals surface area (Å²) < 4.78 is 30.0. The number of rotatable bonds is 7. The van der Waals surface area contributed by atoms with E-state index < -0.39 is 10.0 Å². The molecule has 0 amide bonds. The molecule has 2 N–H and O–H groups in total. The molecular formula is C15H27N3O2S. The van der Waals surface area contributed by atoms with Gasteiger partial charge in [0.1, 0.15) is 0 Å². The van der Waals surface area contributed by atoms with Gasteiger partial charge in [0.05, 0.1) is 4.90 Å². The van der Waals surface area contributed by atoms with Crippen molar-refractivity contribution in [1.82, 2.24) is 14.6 Å². The maximum Gasteiger partial charge on any atom is 0.242 e. The summed E-state index contributed by atoms with van der Waals surface area (Å²) in [7, 11) is -3.44. The Labute approximate surface area is 128 Å². The second-order valence-corrected chi connectivity index (χ2v) is 8.15. The Kier molecular flexibility index (Phi) is 4.80. The maximum atomic E-state index is 12.6. The zero-order valence-electron chi connectivity index (χ0n) is 13.4. The fourth-order valence-electron chi connectivity index (χ4n) is 2.71. The molecule has 0 saturated heterocycles. The van der Waals surface area contributed by atoms with Gasteiger partial charge in [-0.25, -0.2) is 13.1 Å². The molecule has 21 heavy (non-hydrogen) atoms. The molecule has 5 nitrogen and oxygen atoms in total. The van der Waals surface area contributed by atoms with E-state index in [-0.39, 0.29) is 11.6 Å². The van der Waals surface area contributed by atoms with Crippen LogP contribution in [0.25, 0.3) is 0 Å². The SMILES string of the molecule is CCNCc1cc(S(=O)(=O)NC2(C)CCC2)cn1C(C)C. The molecular weight excluding hydrogens is 286 g/mol. The van der Waals surface area contributed by atoms with Crippen LogP contribution in [0.5, 0.6) is 0 Å². The van der Waals surface area contributed by atoms with E-state index in [1.165, 1.54) is 0 Å². The summed E-state index contributed by atoms with van der Waals surface area (Å²) in [6.07, 6.45) is 4.68. The minimum absolute atomic E-state index is 0.238. The van der Waals surface area contributed by atoms with Crippen LogP contribution in [0.4, 0.5) is 0 Å². The van der Waals surface area contributed by atoms with Crippen LogP contribution in [-0.2, 0) is 16.6 Å². The molecule has 120 valence electrons. The molecule has 0 radical (unpaired) electrons. The van der Waals surface area contributed by atoms with E-state index in [0.29, 0.717) is 11.4 Å². The second-order valence-electron chi connectivity index (χ2n) is 6.47. The quantitative estimate of drug-likeness (QED) is 0.812. The fourth-order valence-corrected chi connectivity index (χ4v) is 4.23. The third-order valence-corrected chi connectivity index (χ3v) is 5.77. The first-order valence-corrected chi connectivity index (χ1v) is 9.21. The molecule has 0 aliphatic heterocycles. The van der Waals surface area contributed by atoms with Crippen molar-refractivity contribution >= 4 is 10.0 Å². The first-order chi connectivity index (χ1) is 9.77. The molecule has 0 spiro atoms. The Morgan fingerprint density at radius 1 is 1.38 bits per heavy atom. The standard InChI is InChI=1S/C15H27N3O2S/c1-5-16-10-13-9-14(11-18(13)12(2)3)21(19,20)17-15(4)7-6-8-15/h9,11-12,16-17H,5-8,10H2,1-4H3. The van der Waals surface area contributed by atoms with Gasteiger partial charge in [0.15, 0.2) is 0 Å². The Balaban J connectivity index is 2.26. The summed E-state index contributed by atoms with van der Waals surface area (Å²) in [6.45, 7) is 9.69. The fraction of sp³-hybridized carbons (Fsp3) is 0.733. The van der Waals surface area contributed by atoms with Gasteiger partial charge in [-0.05, 0) is 52.6 Å². The lowest BCUT2D eigenvalue weighted by Crippen LogP contribution is -2.50. The summed E-state index contributed by atoms with van der Waals surface area (Å²) in [5, 5.41) is 3.26. The van der Waals surface area contributed by atoms with E-state index in [9.17, 15) is 8.42 Å². The normalized spacial score (nSPS) is 18.0. The Bertz CT molecular complexity index is 586. The smallest absolute Gasteiger partial charge is 0.242 e. The Morgan fingerprint density at radius 3 is 2.52 bits per heavy atom. The van der Waals surface area contributed by atoms with Gasteiger partial charge >= 0.3 is 0 Å². The van der Waals surface area contributed by atoms with Gasteiger partial charge < -0.3 is 9.88 Å². The van der Waals surface area contributed by atoms with Crippen LogP contribution in [-0.4, -0.2) is 25.1 Å². The molecule has 1 aromatic heterocycles. The Morgan fingerprint density at radius 2 is 2.05 bits per heavy atom. The summed E-state index contributed by atoms with van der Waals surface area (Å²) in [4.78, 5) is 0.372. The van der Waals surface area contributed by atoms with Gasteiger partial charge in [0.25, 0.3) is 0 Å². The zero-order valence-corrected chi connectivity index (χ0v) is 14.3. The van der Waals surface area contributed by atoms with Gasteiger partial charge in [-0.3, -0.25) is 0 Å². The van der Waals surface area contributed by atoms with E-state index in [1.807, 2.05) is 18.4 Å². The molecule has 0 atom stereocenters. The molecule has 1 aliphatic rings. The highest BCUT2D eigenvalue weighted by Crippen LogP contribution is 2.33. The van der Waals surface area contributed by atoms with Crippen molar-refractivity contribution in [2.45, 2.75) is 70.0 Å². The van der Waals surface area contributed by atoms with Crippen LogP contribution in [0.1, 0.15) is 58.7 Å². The molecule has 0 aromatic carbocycles. The third-order valence-electron chi connectivity index (χ3n) is 4.17. The van der Waals surface area contributed by atoms with Gasteiger partial charge in [-0.15, -0.1) is 0 Å². The average molecular weight is 313 g/mol. The van der Waals surface area contributed by atoms with Crippen molar-refractivity contribution in [1.29, 1.82) is 0 Å². The number of nitrogens with zero attached hydrogens (tertiary/aromatic N) is 1. The highest BCUT2D eigenvalue weighted by Gasteiger charge is 2.36. The Hall–Kier alpha value is -0.850. The zero-order chi connectivity index (χ0) is 15.7. The monoisotopic (exact) mass is 313 g/mol. The van der Waals surface area contributed by atoms with E-state index >= 15 is 0 Å². The second kappa shape index (κ2) is 6.10. The predicted octanol–water partition coefficient (Wildman–Crippen LogP) is 2.40. The molecule has 1 aliphatic carbocycles. The maximum absolute atomic E-state index is 12.6. The van der Waals surface area contributed by atoms with Crippen molar-refractivity contribution < 1.29 is 8.42 Å². The van der Waals surface area contributed by atoms with Crippen LogP contribution in [0, 0.1) is 0 Å². The molecule has 0 bridgehead atoms. The minimum Gasteiger partial charge on any atom is -0.346 e. The van der Waals surface area contributed by atoms with Gasteiger partial charge in [0.2, 0.25) is 10.0 Å². The minimum atomic E-state index is -3.44. The number of hydrogen-bond donors (Lipinski definition) is 2. The van der Waals surface area contributed by atoms with Crippen LogP contribution in [0.15, 0.2) is 17.2 Å².